The highest BCUT2D eigenvalue weighted by Gasteiger charge is 2.59. The minimum atomic E-state index is -4.12. The van der Waals surface area contributed by atoms with Crippen LogP contribution in [0.5, 0.6) is 0 Å². The maximum Gasteiger partial charge on any atom is 0.472 e. The molecule has 0 amide bonds. The summed E-state index contributed by atoms with van der Waals surface area (Å²) in [7, 11) is -4.12. The first-order valence-electron chi connectivity index (χ1n) is 25.5. The van der Waals surface area contributed by atoms with Gasteiger partial charge in [0, 0.05) is 0 Å². The molecule has 0 radical (unpaired) electrons. The summed E-state index contributed by atoms with van der Waals surface area (Å²) < 4.78 is 24.5. The Hall–Kier alpha value is -1.99. The zero-order valence-corrected chi connectivity index (χ0v) is 42.0. The molecule has 0 bridgehead atoms. The number of hydrogen-bond donors (Lipinski definition) is 3. The number of carbonyl (C=O) groups is 2. The molecule has 0 aromatic heterocycles. The molecule has 3 N–H and O–H groups in total. The number of carboxylic acids is 2. The largest absolute Gasteiger partial charge is 0.481 e. The van der Waals surface area contributed by atoms with Crippen molar-refractivity contribution in [3.05, 3.63) is 46.5 Å². The van der Waals surface area contributed by atoms with Gasteiger partial charge in [-0.25, -0.2) is 4.57 Å². The molecule has 1 aromatic carbocycles. The number of aliphatic carboxylic acids is 2. The van der Waals surface area contributed by atoms with Crippen molar-refractivity contribution >= 4 is 19.8 Å². The normalized spacial score (nSPS) is 28.7. The summed E-state index contributed by atoms with van der Waals surface area (Å²) in [6, 6.07) is 6.19. The van der Waals surface area contributed by atoms with Crippen LogP contribution in [0, 0.1) is 57.2 Å². The molecule has 358 valence electrons. The molecule has 0 spiro atoms. The van der Waals surface area contributed by atoms with Crippen LogP contribution in [-0.4, -0.2) is 39.8 Å². The van der Waals surface area contributed by atoms with Crippen molar-refractivity contribution in [2.75, 3.05) is 6.61 Å². The molecule has 4 aliphatic carbocycles. The lowest BCUT2D eigenvalue weighted by Crippen LogP contribution is -2.51. The molecular formula is C54H89O8P. The number of phosphoric acid groups is 1. The molecule has 6 unspecified atom stereocenters. The lowest BCUT2D eigenvalue weighted by Gasteiger charge is -2.58. The van der Waals surface area contributed by atoms with Crippen LogP contribution in [0.3, 0.4) is 0 Å². The molecule has 63 heavy (non-hydrogen) atoms. The van der Waals surface area contributed by atoms with E-state index in [0.717, 1.165) is 136 Å². The third-order valence-electron chi connectivity index (χ3n) is 17.0. The lowest BCUT2D eigenvalue weighted by molar-refractivity contribution is -0.147. The van der Waals surface area contributed by atoms with Crippen LogP contribution in [0.15, 0.2) is 29.8 Å². The van der Waals surface area contributed by atoms with E-state index in [2.05, 4.69) is 52.8 Å². The first-order valence-corrected chi connectivity index (χ1v) is 27.0. The number of hydrogen-bond acceptors (Lipinski definition) is 5. The highest BCUT2D eigenvalue weighted by molar-refractivity contribution is 7.47. The summed E-state index contributed by atoms with van der Waals surface area (Å²) in [6.45, 7) is 19.6. The number of unbranched alkanes of at least 4 members (excludes halogenated alkanes) is 8. The van der Waals surface area contributed by atoms with Gasteiger partial charge < -0.3 is 15.1 Å². The van der Waals surface area contributed by atoms with Crippen molar-refractivity contribution < 1.29 is 38.3 Å². The van der Waals surface area contributed by atoms with Gasteiger partial charge in [-0.1, -0.05) is 129 Å². The molecule has 1 aromatic rings. The van der Waals surface area contributed by atoms with Gasteiger partial charge >= 0.3 is 19.8 Å². The minimum absolute atomic E-state index is 0.176. The fraction of sp³-hybridized carbons (Fsp3) is 0.815. The fourth-order valence-corrected chi connectivity index (χ4v) is 14.1. The SMILES string of the molecule is CC(C)CCCC(C)C1CCC2C3CC=C4C[C@H](OP(=O)(O)OCCCCCCCCCCCc5cc(CC(C)(C)C(=O)O)cc(CC(C)(C)C(=O)O)c5)CC[C@]4(C)C3CC[C@]12C. The molecule has 9 heteroatoms. The second-order valence-corrected chi connectivity index (χ2v) is 24.8. The maximum absolute atomic E-state index is 13.1. The van der Waals surface area contributed by atoms with E-state index in [1.165, 1.54) is 50.5 Å². The molecule has 0 heterocycles. The maximum atomic E-state index is 13.1. The third-order valence-corrected chi connectivity index (χ3v) is 18.0. The predicted octanol–water partition coefficient (Wildman–Crippen LogP) is 14.6. The summed E-state index contributed by atoms with van der Waals surface area (Å²) in [5, 5.41) is 19.4. The van der Waals surface area contributed by atoms with Gasteiger partial charge in [-0.2, -0.15) is 0 Å². The van der Waals surface area contributed by atoms with Gasteiger partial charge in [-0.15, -0.1) is 0 Å². The first-order chi connectivity index (χ1) is 29.6. The van der Waals surface area contributed by atoms with Crippen molar-refractivity contribution in [2.45, 2.75) is 216 Å². The number of benzene rings is 1. The van der Waals surface area contributed by atoms with E-state index in [4.69, 9.17) is 9.05 Å². The molecular weight excluding hydrogens is 808 g/mol. The van der Waals surface area contributed by atoms with Crippen LogP contribution in [-0.2, 0) is 42.5 Å². The molecule has 9 atom stereocenters. The Morgan fingerprint density at radius 1 is 0.746 bits per heavy atom. The lowest BCUT2D eigenvalue weighted by atomic mass is 9.47. The highest BCUT2D eigenvalue weighted by atomic mass is 31.2. The van der Waals surface area contributed by atoms with E-state index >= 15 is 0 Å². The van der Waals surface area contributed by atoms with E-state index in [1.807, 2.05) is 6.07 Å². The Kier molecular flexibility index (Phi) is 18.3. The standard InChI is InChI=1S/C54H89O8P/c1-38(2)20-19-21-39(3)46-25-26-47-45-24-23-43-35-44(27-29-53(43,8)48(45)28-30-54(46,47)9)62-63(59,60)61-31-18-16-14-12-10-11-13-15-17-22-40-32-41(36-51(4,5)49(55)56)34-42(33-40)37-52(6,7)50(57)58/h23,32-34,38-39,44-48H,10-22,24-31,35-37H2,1-9H3,(H,55,56)(H,57,58)(H,59,60)/t39?,44-,45?,46?,47?,48?,53+,54-/m1/s1. The number of allylic oxidation sites excluding steroid dienone is 1. The van der Waals surface area contributed by atoms with E-state index in [1.54, 1.807) is 27.7 Å². The van der Waals surface area contributed by atoms with Crippen molar-refractivity contribution in [3.8, 4) is 0 Å². The Morgan fingerprint density at radius 3 is 1.90 bits per heavy atom. The van der Waals surface area contributed by atoms with Crippen LogP contribution in [0.4, 0.5) is 0 Å². The number of carboxylic acid groups (broad SMARTS) is 2. The predicted molar refractivity (Wildman–Crippen MR) is 256 cm³/mol. The zero-order valence-electron chi connectivity index (χ0n) is 41.2. The number of aryl methyl sites for hydroxylation is 1. The Morgan fingerprint density at radius 2 is 1.32 bits per heavy atom. The molecule has 0 saturated heterocycles. The average molecular weight is 897 g/mol. The van der Waals surface area contributed by atoms with Gasteiger partial charge in [0.2, 0.25) is 0 Å². The first kappa shape index (κ1) is 52.0. The van der Waals surface area contributed by atoms with E-state index < -0.39 is 30.6 Å². The van der Waals surface area contributed by atoms with Crippen molar-refractivity contribution in [2.24, 2.45) is 57.2 Å². The van der Waals surface area contributed by atoms with Crippen molar-refractivity contribution in [1.82, 2.24) is 0 Å². The van der Waals surface area contributed by atoms with Crippen LogP contribution in [0.2, 0.25) is 0 Å². The fourth-order valence-electron chi connectivity index (χ4n) is 13.2. The summed E-state index contributed by atoms with van der Waals surface area (Å²) in [5.41, 5.74) is 3.36. The smallest absolute Gasteiger partial charge is 0.472 e. The monoisotopic (exact) mass is 897 g/mol. The third kappa shape index (κ3) is 13.8. The summed E-state index contributed by atoms with van der Waals surface area (Å²) in [4.78, 5) is 34.4. The van der Waals surface area contributed by atoms with Crippen LogP contribution in [0.1, 0.15) is 207 Å². The van der Waals surface area contributed by atoms with Crippen molar-refractivity contribution in [3.63, 3.8) is 0 Å². The van der Waals surface area contributed by atoms with Gasteiger partial charge in [-0.05, 0) is 174 Å². The van der Waals surface area contributed by atoms with Gasteiger partial charge in [0.05, 0.1) is 23.5 Å². The summed E-state index contributed by atoms with van der Waals surface area (Å²) in [6.07, 6.45) is 26.8. The topological polar surface area (TPSA) is 130 Å². The van der Waals surface area contributed by atoms with Gasteiger partial charge in [-0.3, -0.25) is 18.6 Å². The second-order valence-electron chi connectivity index (χ2n) is 23.4. The Bertz CT molecular complexity index is 1700. The highest BCUT2D eigenvalue weighted by Crippen LogP contribution is 2.68. The quantitative estimate of drug-likeness (QED) is 0.0476. The van der Waals surface area contributed by atoms with Gasteiger partial charge in [0.15, 0.2) is 0 Å². The molecule has 3 saturated carbocycles. The van der Waals surface area contributed by atoms with Crippen LogP contribution in [0.25, 0.3) is 0 Å². The van der Waals surface area contributed by atoms with E-state index in [9.17, 15) is 29.3 Å². The molecule has 5 rings (SSSR count). The average Bonchev–Trinajstić information content (AvgIpc) is 3.55. The van der Waals surface area contributed by atoms with Gasteiger partial charge in [0.1, 0.15) is 0 Å². The molecule has 0 aliphatic heterocycles. The summed E-state index contributed by atoms with van der Waals surface area (Å²) >= 11 is 0. The number of fused-ring (bicyclic) bond motifs is 5. The van der Waals surface area contributed by atoms with E-state index in [-0.39, 0.29) is 18.1 Å². The molecule has 8 nitrogen and oxygen atoms in total. The van der Waals surface area contributed by atoms with Gasteiger partial charge in [0.25, 0.3) is 0 Å². The minimum Gasteiger partial charge on any atom is -0.481 e. The summed E-state index contributed by atoms with van der Waals surface area (Å²) in [5.74, 6) is 3.10. The molecule has 4 aliphatic rings. The van der Waals surface area contributed by atoms with Crippen molar-refractivity contribution in [1.29, 1.82) is 0 Å². The number of rotatable bonds is 26. The van der Waals surface area contributed by atoms with E-state index in [0.29, 0.717) is 24.2 Å². The van der Waals surface area contributed by atoms with Crippen LogP contribution < -0.4 is 0 Å². The molecule has 3 fully saturated rings. The Balaban J connectivity index is 0.961. The number of phosphoric ester groups is 1. The Labute approximate surface area is 383 Å². The van der Waals surface area contributed by atoms with Crippen LogP contribution >= 0.6 is 7.82 Å². The second kappa shape index (κ2) is 22.2. The zero-order chi connectivity index (χ0) is 46.2.